The minimum Gasteiger partial charge on any atom is -0.496 e. The number of halogens is 1. The van der Waals surface area contributed by atoms with Gasteiger partial charge in [0, 0.05) is 56.6 Å². The van der Waals surface area contributed by atoms with Crippen molar-refractivity contribution in [2.75, 3.05) is 53.5 Å². The lowest BCUT2D eigenvalue weighted by Crippen LogP contribution is -2.49. The Labute approximate surface area is 221 Å². The first kappa shape index (κ1) is 27.1. The molecule has 1 N–H and O–H groups in total. The number of hydrogen-bond donors (Lipinski definition) is 1. The minimum atomic E-state index is -0.748. The number of nitrogens with zero attached hydrogens (tertiary/aromatic N) is 3. The van der Waals surface area contributed by atoms with E-state index in [1.54, 1.807) is 38.1 Å². The van der Waals surface area contributed by atoms with E-state index in [1.807, 2.05) is 18.2 Å². The minimum absolute atomic E-state index is 0.187. The van der Waals surface area contributed by atoms with Crippen LogP contribution in [0.15, 0.2) is 59.8 Å². The van der Waals surface area contributed by atoms with Crippen LogP contribution in [0.25, 0.3) is 0 Å². The molecule has 0 spiro atoms. The zero-order valence-electron chi connectivity index (χ0n) is 21.9. The van der Waals surface area contributed by atoms with Crippen LogP contribution >= 0.6 is 0 Å². The predicted molar refractivity (Wildman–Crippen MR) is 139 cm³/mol. The normalized spacial score (nSPS) is 18.6. The van der Waals surface area contributed by atoms with Gasteiger partial charge in [-0.15, -0.1) is 0 Å². The summed E-state index contributed by atoms with van der Waals surface area (Å²) in [7, 11) is 3.16. The zero-order chi connectivity index (χ0) is 27.2. The molecular weight excluding hydrogens is 491 g/mol. The quantitative estimate of drug-likeness (QED) is 0.560. The average molecular weight is 525 g/mol. The van der Waals surface area contributed by atoms with Crippen LogP contribution in [0.3, 0.4) is 0 Å². The van der Waals surface area contributed by atoms with E-state index in [1.165, 1.54) is 23.1 Å². The molecule has 1 unspecified atom stereocenters. The number of ether oxygens (including phenoxy) is 2. The Balaban J connectivity index is 1.62. The van der Waals surface area contributed by atoms with E-state index in [9.17, 15) is 18.8 Å². The molecule has 0 radical (unpaired) electrons. The largest absolute Gasteiger partial charge is 0.496 e. The van der Waals surface area contributed by atoms with E-state index < -0.39 is 17.8 Å². The van der Waals surface area contributed by atoms with Crippen LogP contribution in [0.4, 0.5) is 9.18 Å². The van der Waals surface area contributed by atoms with Gasteiger partial charge in [-0.2, -0.15) is 0 Å². The van der Waals surface area contributed by atoms with E-state index in [2.05, 4.69) is 10.2 Å². The maximum Gasteiger partial charge on any atom is 0.338 e. The van der Waals surface area contributed by atoms with Crippen molar-refractivity contribution in [1.82, 2.24) is 20.0 Å². The Kier molecular flexibility index (Phi) is 8.62. The third-order valence-electron chi connectivity index (χ3n) is 6.84. The number of esters is 1. The molecule has 202 valence electrons. The second kappa shape index (κ2) is 12.1. The lowest BCUT2D eigenvalue weighted by Gasteiger charge is -2.37. The highest BCUT2D eigenvalue weighted by molar-refractivity contribution is 5.95. The van der Waals surface area contributed by atoms with Crippen molar-refractivity contribution in [3.8, 4) is 5.75 Å². The molecule has 10 heteroatoms. The maximum atomic E-state index is 13.7. The summed E-state index contributed by atoms with van der Waals surface area (Å²) >= 11 is 0. The van der Waals surface area contributed by atoms with Crippen molar-refractivity contribution in [1.29, 1.82) is 0 Å². The van der Waals surface area contributed by atoms with E-state index >= 15 is 0 Å². The fourth-order valence-electron chi connectivity index (χ4n) is 4.88. The number of carbonyl (C=O) groups is 3. The molecule has 2 aliphatic rings. The maximum absolute atomic E-state index is 13.7. The molecule has 2 aromatic carbocycles. The first-order valence-corrected chi connectivity index (χ1v) is 12.7. The fourth-order valence-corrected chi connectivity index (χ4v) is 4.88. The van der Waals surface area contributed by atoms with Gasteiger partial charge in [-0.1, -0.05) is 24.3 Å². The van der Waals surface area contributed by atoms with Gasteiger partial charge >= 0.3 is 12.0 Å². The van der Waals surface area contributed by atoms with Gasteiger partial charge in [-0.25, -0.2) is 14.0 Å². The van der Waals surface area contributed by atoms with Crippen molar-refractivity contribution < 1.29 is 28.2 Å². The molecule has 0 saturated carbocycles. The molecule has 1 saturated heterocycles. The SMILES string of the molecule is CCOC(=O)C1=C(CN2CCCN(C(=O)c3cccc(F)c3)CC2)N(C)C(=O)NC1c1ccccc1OC. The van der Waals surface area contributed by atoms with Gasteiger partial charge in [0.15, 0.2) is 0 Å². The van der Waals surface area contributed by atoms with Gasteiger partial charge in [-0.3, -0.25) is 14.6 Å². The number of rotatable bonds is 7. The van der Waals surface area contributed by atoms with Crippen molar-refractivity contribution in [3.63, 3.8) is 0 Å². The summed E-state index contributed by atoms with van der Waals surface area (Å²) in [5, 5.41) is 2.92. The number of para-hydroxylation sites is 1. The van der Waals surface area contributed by atoms with Crippen LogP contribution < -0.4 is 10.1 Å². The van der Waals surface area contributed by atoms with Gasteiger partial charge in [0.25, 0.3) is 5.91 Å². The lowest BCUT2D eigenvalue weighted by atomic mass is 9.93. The molecule has 0 aromatic heterocycles. The number of benzene rings is 2. The molecule has 3 amide bonds. The molecule has 2 aromatic rings. The number of methoxy groups -OCH3 is 1. The van der Waals surface area contributed by atoms with E-state index in [4.69, 9.17) is 9.47 Å². The second-order valence-electron chi connectivity index (χ2n) is 9.20. The molecule has 1 atom stereocenters. The smallest absolute Gasteiger partial charge is 0.338 e. The van der Waals surface area contributed by atoms with Crippen molar-refractivity contribution in [3.05, 3.63) is 76.7 Å². The standard InChI is InChI=1S/C28H33FN4O5/c1-4-38-27(35)24-22(31(2)28(36)30-25(24)21-11-5-6-12-23(21)37-3)18-32-13-8-14-33(16-15-32)26(34)19-9-7-10-20(29)17-19/h5-7,9-12,17,25H,4,8,13-16,18H2,1-3H3,(H,30,36). The van der Waals surface area contributed by atoms with E-state index in [0.29, 0.717) is 67.3 Å². The van der Waals surface area contributed by atoms with Crippen LogP contribution in [0, 0.1) is 5.82 Å². The highest BCUT2D eigenvalue weighted by Gasteiger charge is 2.38. The van der Waals surface area contributed by atoms with Gasteiger partial charge < -0.3 is 19.7 Å². The molecule has 4 rings (SSSR count). The van der Waals surface area contributed by atoms with Gasteiger partial charge in [0.2, 0.25) is 0 Å². The highest BCUT2D eigenvalue weighted by atomic mass is 19.1. The number of hydrogen-bond acceptors (Lipinski definition) is 6. The van der Waals surface area contributed by atoms with E-state index in [-0.39, 0.29) is 18.5 Å². The Morgan fingerprint density at radius 3 is 2.61 bits per heavy atom. The number of amides is 3. The summed E-state index contributed by atoms with van der Waals surface area (Å²) in [5.74, 6) is -0.634. The molecule has 1 fully saturated rings. The summed E-state index contributed by atoms with van der Waals surface area (Å²) in [4.78, 5) is 44.5. The average Bonchev–Trinajstić information content (AvgIpc) is 3.16. The summed E-state index contributed by atoms with van der Waals surface area (Å²) in [6.07, 6.45) is 0.689. The number of urea groups is 1. The van der Waals surface area contributed by atoms with E-state index in [0.717, 1.165) is 0 Å². The molecule has 38 heavy (non-hydrogen) atoms. The Bertz CT molecular complexity index is 1230. The summed E-state index contributed by atoms with van der Waals surface area (Å²) in [5.41, 5.74) is 1.84. The summed E-state index contributed by atoms with van der Waals surface area (Å²) in [6.45, 7) is 4.37. The first-order chi connectivity index (χ1) is 18.3. The zero-order valence-corrected chi connectivity index (χ0v) is 21.9. The van der Waals surface area contributed by atoms with Crippen LogP contribution in [0.1, 0.15) is 35.3 Å². The summed E-state index contributed by atoms with van der Waals surface area (Å²) < 4.78 is 24.6. The fraction of sp³-hybridized carbons (Fsp3) is 0.393. The monoisotopic (exact) mass is 524 g/mol. The molecule has 0 aliphatic carbocycles. The molecular formula is C28H33FN4O5. The number of nitrogens with one attached hydrogen (secondary N) is 1. The van der Waals surface area contributed by atoms with Crippen LogP contribution in [-0.4, -0.2) is 86.1 Å². The van der Waals surface area contributed by atoms with Gasteiger partial charge in [0.1, 0.15) is 11.6 Å². The third kappa shape index (κ3) is 5.80. The van der Waals surface area contributed by atoms with Crippen LogP contribution in [0.2, 0.25) is 0 Å². The second-order valence-corrected chi connectivity index (χ2v) is 9.20. The predicted octanol–water partition coefficient (Wildman–Crippen LogP) is 3.20. The van der Waals surface area contributed by atoms with Crippen LogP contribution in [-0.2, 0) is 9.53 Å². The summed E-state index contributed by atoms with van der Waals surface area (Å²) in [6, 6.07) is 11.8. The molecule has 2 heterocycles. The lowest BCUT2D eigenvalue weighted by molar-refractivity contribution is -0.139. The first-order valence-electron chi connectivity index (χ1n) is 12.7. The van der Waals surface area contributed by atoms with Crippen LogP contribution in [0.5, 0.6) is 5.75 Å². The van der Waals surface area contributed by atoms with Crippen molar-refractivity contribution in [2.45, 2.75) is 19.4 Å². The topological polar surface area (TPSA) is 91.4 Å². The number of carbonyl (C=O) groups excluding carboxylic acids is 3. The highest BCUT2D eigenvalue weighted by Crippen LogP contribution is 2.35. The van der Waals surface area contributed by atoms with Crippen molar-refractivity contribution >= 4 is 17.9 Å². The molecule has 9 nitrogen and oxygen atoms in total. The Hall–Kier alpha value is -3.92. The Morgan fingerprint density at radius 1 is 1.08 bits per heavy atom. The molecule has 2 aliphatic heterocycles. The molecule has 0 bridgehead atoms. The van der Waals surface area contributed by atoms with Gasteiger partial charge in [0.05, 0.1) is 25.3 Å². The number of likely N-dealkylation sites (N-methyl/N-ethyl adjacent to an activating group) is 1. The Morgan fingerprint density at radius 2 is 1.87 bits per heavy atom. The van der Waals surface area contributed by atoms with Gasteiger partial charge in [-0.05, 0) is 37.6 Å². The van der Waals surface area contributed by atoms with Crippen molar-refractivity contribution in [2.24, 2.45) is 0 Å². The third-order valence-corrected chi connectivity index (χ3v) is 6.84.